The molecule has 1 heterocycles. The van der Waals surface area contributed by atoms with E-state index >= 15 is 0 Å². The molecule has 1 unspecified atom stereocenters. The lowest BCUT2D eigenvalue weighted by molar-refractivity contribution is 0.337. The maximum Gasteiger partial charge on any atom is 0.0705 e. The Morgan fingerprint density at radius 3 is 2.72 bits per heavy atom. The molecule has 2 aromatic rings. The van der Waals surface area contributed by atoms with Gasteiger partial charge < -0.3 is 4.90 Å². The minimum Gasteiger partial charge on any atom is -0.308 e. The Labute approximate surface area is 108 Å². The molecule has 0 spiro atoms. The zero-order valence-electron chi connectivity index (χ0n) is 10.9. The van der Waals surface area contributed by atoms with Gasteiger partial charge in [-0.05, 0) is 26.2 Å². The summed E-state index contributed by atoms with van der Waals surface area (Å²) in [5, 5.41) is 1.17. The van der Waals surface area contributed by atoms with Crippen LogP contribution in [0.3, 0.4) is 0 Å². The fourth-order valence-electron chi connectivity index (χ4n) is 2.09. The first-order chi connectivity index (χ1) is 8.69. The van der Waals surface area contributed by atoms with Crippen LogP contribution in [0.1, 0.15) is 5.69 Å². The smallest absolute Gasteiger partial charge is 0.0705 e. The Morgan fingerprint density at radius 1 is 1.22 bits per heavy atom. The summed E-state index contributed by atoms with van der Waals surface area (Å²) in [4.78, 5) is 6.77. The Morgan fingerprint density at radius 2 is 2.00 bits per heavy atom. The molecule has 0 radical (unpaired) electrons. The van der Waals surface area contributed by atoms with Crippen LogP contribution < -0.4 is 11.3 Å². The van der Waals surface area contributed by atoms with Crippen molar-refractivity contribution in [3.63, 3.8) is 0 Å². The van der Waals surface area contributed by atoms with Crippen LogP contribution in [0.25, 0.3) is 10.9 Å². The monoisotopic (exact) mass is 244 g/mol. The summed E-state index contributed by atoms with van der Waals surface area (Å²) < 4.78 is 0. The largest absolute Gasteiger partial charge is 0.308 e. The van der Waals surface area contributed by atoms with Gasteiger partial charge >= 0.3 is 0 Å². The maximum absolute atomic E-state index is 5.58. The molecule has 4 nitrogen and oxygen atoms in total. The molecule has 1 aromatic carbocycles. The minimum absolute atomic E-state index is 0.216. The molecule has 0 aliphatic rings. The molecule has 1 aromatic heterocycles. The lowest BCUT2D eigenvalue weighted by Gasteiger charge is -2.19. The van der Waals surface area contributed by atoms with Gasteiger partial charge in [0.25, 0.3) is 0 Å². The highest BCUT2D eigenvalue weighted by atomic mass is 15.3. The van der Waals surface area contributed by atoms with E-state index in [-0.39, 0.29) is 6.04 Å². The van der Waals surface area contributed by atoms with Gasteiger partial charge in [0.15, 0.2) is 0 Å². The topological polar surface area (TPSA) is 54.2 Å². The van der Waals surface area contributed by atoms with Gasteiger partial charge in [-0.3, -0.25) is 16.3 Å². The number of rotatable bonds is 5. The molecule has 0 aliphatic carbocycles. The molecule has 3 N–H and O–H groups in total. The van der Waals surface area contributed by atoms with Crippen molar-refractivity contribution in [3.05, 3.63) is 42.1 Å². The number of nitrogens with zero attached hydrogens (tertiary/aromatic N) is 2. The number of likely N-dealkylation sites (N-methyl/N-ethyl adjacent to an activating group) is 1. The van der Waals surface area contributed by atoms with Gasteiger partial charge in [0.1, 0.15) is 0 Å². The lowest BCUT2D eigenvalue weighted by Crippen LogP contribution is -2.43. The van der Waals surface area contributed by atoms with Crippen LogP contribution in [-0.2, 0) is 6.42 Å². The van der Waals surface area contributed by atoms with E-state index in [1.54, 1.807) is 0 Å². The molecule has 2 rings (SSSR count). The fourth-order valence-corrected chi connectivity index (χ4v) is 2.09. The second-order valence-corrected chi connectivity index (χ2v) is 4.83. The standard InChI is InChI=1S/C14H20N4/c1-18(2)10-13(17-15)9-12-8-7-11-5-3-4-6-14(11)16-12/h3-8,13,17H,9-10,15H2,1-2H3. The van der Waals surface area contributed by atoms with E-state index in [0.29, 0.717) is 0 Å². The fraction of sp³-hybridized carbons (Fsp3) is 0.357. The summed E-state index contributed by atoms with van der Waals surface area (Å²) in [6, 6.07) is 12.6. The summed E-state index contributed by atoms with van der Waals surface area (Å²) in [5.74, 6) is 5.58. The number of pyridine rings is 1. The normalized spacial score (nSPS) is 13.1. The minimum atomic E-state index is 0.216. The molecule has 0 amide bonds. The van der Waals surface area contributed by atoms with Gasteiger partial charge in [0.2, 0.25) is 0 Å². The first kappa shape index (κ1) is 13.0. The van der Waals surface area contributed by atoms with Crippen molar-refractivity contribution in [3.8, 4) is 0 Å². The SMILES string of the molecule is CN(C)CC(Cc1ccc2ccccc2n1)NN. The number of hydrogen-bond acceptors (Lipinski definition) is 4. The Kier molecular flexibility index (Phi) is 4.25. The van der Waals surface area contributed by atoms with Crippen LogP contribution in [0.5, 0.6) is 0 Å². The predicted octanol–water partition coefficient (Wildman–Crippen LogP) is 1.17. The maximum atomic E-state index is 5.58. The van der Waals surface area contributed by atoms with Crippen LogP contribution in [-0.4, -0.2) is 36.6 Å². The third kappa shape index (κ3) is 3.26. The van der Waals surface area contributed by atoms with Crippen molar-refractivity contribution >= 4 is 10.9 Å². The molecule has 0 saturated carbocycles. The van der Waals surface area contributed by atoms with Crippen LogP contribution in [0.15, 0.2) is 36.4 Å². The number of nitrogens with one attached hydrogen (secondary N) is 1. The van der Waals surface area contributed by atoms with E-state index in [2.05, 4.69) is 33.5 Å². The van der Waals surface area contributed by atoms with Gasteiger partial charge in [0.05, 0.1) is 5.52 Å². The Balaban J connectivity index is 2.15. The summed E-state index contributed by atoms with van der Waals surface area (Å²) >= 11 is 0. The number of para-hydroxylation sites is 1. The summed E-state index contributed by atoms with van der Waals surface area (Å²) in [6.07, 6.45) is 0.833. The average molecular weight is 244 g/mol. The Bertz CT molecular complexity index is 510. The molecular formula is C14H20N4. The molecule has 0 fully saturated rings. The van der Waals surface area contributed by atoms with Crippen LogP contribution in [0.2, 0.25) is 0 Å². The van der Waals surface area contributed by atoms with Gasteiger partial charge in [-0.2, -0.15) is 0 Å². The number of hydrogen-bond donors (Lipinski definition) is 2. The van der Waals surface area contributed by atoms with E-state index in [9.17, 15) is 0 Å². The molecule has 1 atom stereocenters. The van der Waals surface area contributed by atoms with Crippen molar-refractivity contribution < 1.29 is 0 Å². The van der Waals surface area contributed by atoms with Crippen LogP contribution >= 0.6 is 0 Å². The van der Waals surface area contributed by atoms with E-state index in [1.807, 2.05) is 32.3 Å². The molecule has 0 saturated heterocycles. The number of nitrogens with two attached hydrogens (primary N) is 1. The van der Waals surface area contributed by atoms with Crippen molar-refractivity contribution in [1.82, 2.24) is 15.3 Å². The number of fused-ring (bicyclic) bond motifs is 1. The summed E-state index contributed by atoms with van der Waals surface area (Å²) in [5.41, 5.74) is 4.95. The number of hydrazine groups is 1. The van der Waals surface area contributed by atoms with E-state index in [1.165, 1.54) is 5.39 Å². The zero-order chi connectivity index (χ0) is 13.0. The van der Waals surface area contributed by atoms with E-state index in [0.717, 1.165) is 24.2 Å². The third-order valence-corrected chi connectivity index (χ3v) is 2.93. The number of benzene rings is 1. The third-order valence-electron chi connectivity index (χ3n) is 2.93. The highest BCUT2D eigenvalue weighted by Crippen LogP contribution is 2.12. The average Bonchev–Trinajstić information content (AvgIpc) is 2.37. The van der Waals surface area contributed by atoms with Crippen LogP contribution in [0, 0.1) is 0 Å². The first-order valence-electron chi connectivity index (χ1n) is 6.14. The lowest BCUT2D eigenvalue weighted by atomic mass is 10.1. The molecule has 96 valence electrons. The Hall–Kier alpha value is -1.49. The van der Waals surface area contributed by atoms with Gasteiger partial charge in [0, 0.05) is 30.1 Å². The summed E-state index contributed by atoms with van der Waals surface area (Å²) in [7, 11) is 4.08. The highest BCUT2D eigenvalue weighted by molar-refractivity contribution is 5.78. The van der Waals surface area contributed by atoms with Gasteiger partial charge in [-0.1, -0.05) is 24.3 Å². The van der Waals surface area contributed by atoms with E-state index in [4.69, 9.17) is 5.84 Å². The quantitative estimate of drug-likeness (QED) is 0.612. The van der Waals surface area contributed by atoms with Crippen molar-refractivity contribution in [1.29, 1.82) is 0 Å². The van der Waals surface area contributed by atoms with Crippen molar-refractivity contribution in [2.24, 2.45) is 5.84 Å². The molecule has 18 heavy (non-hydrogen) atoms. The van der Waals surface area contributed by atoms with Gasteiger partial charge in [-0.15, -0.1) is 0 Å². The predicted molar refractivity (Wildman–Crippen MR) is 75.1 cm³/mol. The summed E-state index contributed by atoms with van der Waals surface area (Å²) in [6.45, 7) is 0.894. The molecule has 0 bridgehead atoms. The van der Waals surface area contributed by atoms with Crippen LogP contribution in [0.4, 0.5) is 0 Å². The van der Waals surface area contributed by atoms with Crippen molar-refractivity contribution in [2.75, 3.05) is 20.6 Å². The second-order valence-electron chi connectivity index (χ2n) is 4.83. The van der Waals surface area contributed by atoms with E-state index < -0.39 is 0 Å². The van der Waals surface area contributed by atoms with Gasteiger partial charge in [-0.25, -0.2) is 0 Å². The zero-order valence-corrected chi connectivity index (χ0v) is 10.9. The first-order valence-corrected chi connectivity index (χ1v) is 6.14. The molecular weight excluding hydrogens is 224 g/mol. The molecule has 0 aliphatic heterocycles. The second kappa shape index (κ2) is 5.91. The van der Waals surface area contributed by atoms with Crippen molar-refractivity contribution in [2.45, 2.75) is 12.5 Å². The molecule has 4 heteroatoms. The number of aromatic nitrogens is 1. The highest BCUT2D eigenvalue weighted by Gasteiger charge is 2.10.